The van der Waals surface area contributed by atoms with E-state index < -0.39 is 5.60 Å². The Bertz CT molecular complexity index is 603. The van der Waals surface area contributed by atoms with Gasteiger partial charge in [-0.15, -0.1) is 0 Å². The first kappa shape index (κ1) is 15.5. The number of aryl methyl sites for hydroxylation is 1. The number of benzene rings is 1. The van der Waals surface area contributed by atoms with Crippen LogP contribution in [0.3, 0.4) is 0 Å². The maximum Gasteiger partial charge on any atom is 0.258 e. The normalized spacial score (nSPS) is 11.8. The summed E-state index contributed by atoms with van der Waals surface area (Å²) in [5.74, 6) is 1.26. The smallest absolute Gasteiger partial charge is 0.258 e. The maximum absolute atomic E-state index is 9.48. The van der Waals surface area contributed by atoms with Crippen molar-refractivity contribution in [3.8, 4) is 17.2 Å². The molecule has 1 aromatic carbocycles. The Morgan fingerprint density at radius 3 is 2.52 bits per heavy atom. The van der Waals surface area contributed by atoms with Crippen molar-refractivity contribution >= 4 is 0 Å². The molecule has 5 heteroatoms. The van der Waals surface area contributed by atoms with Crippen LogP contribution in [0.2, 0.25) is 0 Å². The van der Waals surface area contributed by atoms with Crippen LogP contribution in [0.25, 0.3) is 11.5 Å². The van der Waals surface area contributed by atoms with Crippen molar-refractivity contribution in [1.29, 1.82) is 0 Å². The number of ether oxygens (including phenoxy) is 1. The van der Waals surface area contributed by atoms with Crippen molar-refractivity contribution in [2.45, 2.75) is 46.1 Å². The van der Waals surface area contributed by atoms with Gasteiger partial charge in [0.25, 0.3) is 5.89 Å². The average molecular weight is 290 g/mol. The zero-order chi connectivity index (χ0) is 15.5. The average Bonchev–Trinajstić information content (AvgIpc) is 2.95. The molecule has 21 heavy (non-hydrogen) atoms. The third-order valence-corrected chi connectivity index (χ3v) is 3.84. The minimum absolute atomic E-state index is 0.224. The molecular formula is C16H22N2O3. The molecule has 0 saturated carbocycles. The van der Waals surface area contributed by atoms with Crippen LogP contribution in [0.5, 0.6) is 5.75 Å². The van der Waals surface area contributed by atoms with Gasteiger partial charge in [-0.1, -0.05) is 19.0 Å². The van der Waals surface area contributed by atoms with Gasteiger partial charge in [0, 0.05) is 12.2 Å². The molecule has 0 saturated heterocycles. The lowest BCUT2D eigenvalue weighted by Gasteiger charge is -2.27. The van der Waals surface area contributed by atoms with E-state index in [1.807, 2.05) is 13.8 Å². The maximum atomic E-state index is 9.48. The molecule has 0 spiro atoms. The van der Waals surface area contributed by atoms with Crippen molar-refractivity contribution in [1.82, 2.24) is 10.1 Å². The van der Waals surface area contributed by atoms with Gasteiger partial charge in [0.1, 0.15) is 11.4 Å². The Labute approximate surface area is 125 Å². The summed E-state index contributed by atoms with van der Waals surface area (Å²) in [4.78, 5) is 4.52. The van der Waals surface area contributed by atoms with Gasteiger partial charge >= 0.3 is 0 Å². The Hall–Kier alpha value is -1.88. The lowest BCUT2D eigenvalue weighted by Crippen LogP contribution is -2.29. The van der Waals surface area contributed by atoms with Crippen molar-refractivity contribution in [3.63, 3.8) is 0 Å². The molecule has 0 bridgehead atoms. The van der Waals surface area contributed by atoms with Crippen LogP contribution >= 0.6 is 0 Å². The van der Waals surface area contributed by atoms with Crippen LogP contribution in [-0.2, 0) is 10.3 Å². The summed E-state index contributed by atoms with van der Waals surface area (Å²) in [5, 5.41) is 13.6. The number of aromatic nitrogens is 2. The van der Waals surface area contributed by atoms with Gasteiger partial charge in [-0.3, -0.25) is 0 Å². The Balaban J connectivity index is 2.40. The van der Waals surface area contributed by atoms with Crippen LogP contribution in [0.15, 0.2) is 22.7 Å². The molecule has 0 unspecified atom stereocenters. The van der Waals surface area contributed by atoms with E-state index in [1.165, 1.54) is 0 Å². The van der Waals surface area contributed by atoms with Crippen LogP contribution < -0.4 is 0 Å². The second kappa shape index (κ2) is 6.26. The molecule has 5 nitrogen and oxygen atoms in total. The molecule has 1 aromatic heterocycles. The Kier molecular flexibility index (Phi) is 4.63. The van der Waals surface area contributed by atoms with Gasteiger partial charge in [-0.05, 0) is 50.5 Å². The third kappa shape index (κ3) is 2.93. The van der Waals surface area contributed by atoms with Gasteiger partial charge in [-0.2, -0.15) is 4.98 Å². The fourth-order valence-corrected chi connectivity index (χ4v) is 2.52. The number of phenolic OH excluding ortho intramolecular Hbond substituents is 1. The highest BCUT2D eigenvalue weighted by molar-refractivity contribution is 5.59. The molecular weight excluding hydrogens is 268 g/mol. The molecule has 114 valence electrons. The molecule has 0 amide bonds. The summed E-state index contributed by atoms with van der Waals surface area (Å²) in [6, 6.07) is 5.07. The van der Waals surface area contributed by atoms with E-state index in [9.17, 15) is 5.11 Å². The van der Waals surface area contributed by atoms with E-state index in [1.54, 1.807) is 18.2 Å². The van der Waals surface area contributed by atoms with E-state index in [0.717, 1.165) is 24.0 Å². The SMILES string of the molecule is CCOC(CC)(CC)c1noc(-c2ccc(O)cc2C)n1. The highest BCUT2D eigenvalue weighted by Crippen LogP contribution is 2.33. The van der Waals surface area contributed by atoms with Crippen LogP contribution in [-0.4, -0.2) is 21.9 Å². The van der Waals surface area contributed by atoms with Crippen LogP contribution in [0.1, 0.15) is 45.0 Å². The molecule has 0 atom stereocenters. The fraction of sp³-hybridized carbons (Fsp3) is 0.500. The predicted molar refractivity (Wildman–Crippen MR) is 80.0 cm³/mol. The first-order valence-electron chi connectivity index (χ1n) is 7.34. The molecule has 1 heterocycles. The van der Waals surface area contributed by atoms with E-state index in [-0.39, 0.29) is 5.75 Å². The fourth-order valence-electron chi connectivity index (χ4n) is 2.52. The van der Waals surface area contributed by atoms with E-state index in [0.29, 0.717) is 18.3 Å². The van der Waals surface area contributed by atoms with Crippen LogP contribution in [0.4, 0.5) is 0 Å². The first-order valence-corrected chi connectivity index (χ1v) is 7.34. The standard InChI is InChI=1S/C16H22N2O3/c1-5-16(6-2,20-7-3)15-17-14(21-18-15)13-9-8-12(19)10-11(13)4/h8-10,19H,5-7H2,1-4H3. The van der Waals surface area contributed by atoms with Crippen molar-refractivity contribution < 1.29 is 14.4 Å². The Morgan fingerprint density at radius 2 is 1.95 bits per heavy atom. The number of hydrogen-bond acceptors (Lipinski definition) is 5. The van der Waals surface area contributed by atoms with E-state index in [2.05, 4.69) is 24.0 Å². The number of rotatable bonds is 6. The van der Waals surface area contributed by atoms with Gasteiger partial charge in [0.15, 0.2) is 0 Å². The monoisotopic (exact) mass is 290 g/mol. The zero-order valence-electron chi connectivity index (χ0n) is 13.0. The summed E-state index contributed by atoms with van der Waals surface area (Å²) >= 11 is 0. The van der Waals surface area contributed by atoms with Crippen LogP contribution in [0, 0.1) is 6.92 Å². The summed E-state index contributed by atoms with van der Waals surface area (Å²) in [6.07, 6.45) is 1.57. The van der Waals surface area contributed by atoms with E-state index in [4.69, 9.17) is 9.26 Å². The quantitative estimate of drug-likeness (QED) is 0.876. The second-order valence-electron chi connectivity index (χ2n) is 5.06. The lowest BCUT2D eigenvalue weighted by molar-refractivity contribution is -0.0583. The second-order valence-corrected chi connectivity index (χ2v) is 5.06. The van der Waals surface area contributed by atoms with Crippen molar-refractivity contribution in [3.05, 3.63) is 29.6 Å². The summed E-state index contributed by atoms with van der Waals surface area (Å²) in [6.45, 7) is 8.57. The summed E-state index contributed by atoms with van der Waals surface area (Å²) < 4.78 is 11.3. The van der Waals surface area contributed by atoms with Crippen molar-refractivity contribution in [2.24, 2.45) is 0 Å². The molecule has 2 rings (SSSR count). The zero-order valence-corrected chi connectivity index (χ0v) is 13.0. The van der Waals surface area contributed by atoms with E-state index >= 15 is 0 Å². The highest BCUT2D eigenvalue weighted by Gasteiger charge is 2.34. The molecule has 1 N–H and O–H groups in total. The minimum Gasteiger partial charge on any atom is -0.508 e. The van der Waals surface area contributed by atoms with Gasteiger partial charge in [-0.25, -0.2) is 0 Å². The number of aromatic hydroxyl groups is 1. The number of hydrogen-bond donors (Lipinski definition) is 1. The molecule has 0 fully saturated rings. The number of nitrogens with zero attached hydrogens (tertiary/aromatic N) is 2. The van der Waals surface area contributed by atoms with Crippen molar-refractivity contribution in [2.75, 3.05) is 6.61 Å². The number of phenols is 1. The first-order chi connectivity index (χ1) is 10.1. The molecule has 0 radical (unpaired) electrons. The summed E-state index contributed by atoms with van der Waals surface area (Å²) in [5.41, 5.74) is 1.21. The molecule has 0 aliphatic heterocycles. The minimum atomic E-state index is -0.499. The largest absolute Gasteiger partial charge is 0.508 e. The lowest BCUT2D eigenvalue weighted by atomic mass is 9.96. The molecule has 0 aliphatic carbocycles. The topological polar surface area (TPSA) is 68.4 Å². The van der Waals surface area contributed by atoms with Gasteiger partial charge in [0.2, 0.25) is 5.82 Å². The molecule has 0 aliphatic rings. The molecule has 2 aromatic rings. The van der Waals surface area contributed by atoms with Gasteiger partial charge in [0.05, 0.1) is 0 Å². The van der Waals surface area contributed by atoms with Gasteiger partial charge < -0.3 is 14.4 Å². The Morgan fingerprint density at radius 1 is 1.24 bits per heavy atom. The highest BCUT2D eigenvalue weighted by atomic mass is 16.5. The third-order valence-electron chi connectivity index (χ3n) is 3.84. The predicted octanol–water partition coefficient (Wildman–Crippen LogP) is 3.80. The summed E-state index contributed by atoms with van der Waals surface area (Å²) in [7, 11) is 0.